The zero-order valence-corrected chi connectivity index (χ0v) is 10.4. The summed E-state index contributed by atoms with van der Waals surface area (Å²) in [6.45, 7) is 7.62. The van der Waals surface area contributed by atoms with E-state index in [1.165, 1.54) is 17.6 Å². The summed E-state index contributed by atoms with van der Waals surface area (Å²) in [6, 6.07) is 0. The van der Waals surface area contributed by atoms with Crippen molar-refractivity contribution in [3.05, 3.63) is 23.3 Å². The highest BCUT2D eigenvalue weighted by molar-refractivity contribution is 5.37. The third-order valence-electron chi connectivity index (χ3n) is 5.90. The molecule has 3 fully saturated rings. The molecular formula is C15H20O2. The maximum atomic E-state index is 9.38. The normalized spacial score (nSPS) is 51.3. The summed E-state index contributed by atoms with van der Waals surface area (Å²) in [5, 5.41) is 9.38. The van der Waals surface area contributed by atoms with Gasteiger partial charge in [0, 0.05) is 0 Å². The van der Waals surface area contributed by atoms with Crippen molar-refractivity contribution in [1.29, 1.82) is 0 Å². The molecule has 0 radical (unpaired) electrons. The first-order valence-corrected chi connectivity index (χ1v) is 6.77. The van der Waals surface area contributed by atoms with Crippen LogP contribution in [0.2, 0.25) is 0 Å². The average molecular weight is 232 g/mol. The summed E-state index contributed by atoms with van der Waals surface area (Å²) in [7, 11) is 0. The predicted molar refractivity (Wildman–Crippen MR) is 65.4 cm³/mol. The molecule has 0 bridgehead atoms. The summed E-state index contributed by atoms with van der Waals surface area (Å²) < 4.78 is 5.87. The summed E-state index contributed by atoms with van der Waals surface area (Å²) in [5.74, 6) is 2.34. The highest BCUT2D eigenvalue weighted by Crippen LogP contribution is 2.71. The molecule has 5 unspecified atom stereocenters. The SMILES string of the molecule is C=C1C2CC2C2(C)CC3OCC(CO)=C3CC12. The topological polar surface area (TPSA) is 29.5 Å². The van der Waals surface area contributed by atoms with Crippen molar-refractivity contribution in [1.82, 2.24) is 0 Å². The molecule has 2 nitrogen and oxygen atoms in total. The Morgan fingerprint density at radius 3 is 3.12 bits per heavy atom. The van der Waals surface area contributed by atoms with E-state index in [0.29, 0.717) is 24.0 Å². The van der Waals surface area contributed by atoms with Gasteiger partial charge in [0.1, 0.15) is 0 Å². The molecule has 2 heteroatoms. The molecule has 3 saturated carbocycles. The van der Waals surface area contributed by atoms with Crippen molar-refractivity contribution < 1.29 is 9.84 Å². The van der Waals surface area contributed by atoms with E-state index in [4.69, 9.17) is 4.74 Å². The van der Waals surface area contributed by atoms with Crippen LogP contribution in [0.25, 0.3) is 0 Å². The van der Waals surface area contributed by atoms with Gasteiger partial charge in [-0.2, -0.15) is 0 Å². The van der Waals surface area contributed by atoms with Crippen LogP contribution in [0, 0.1) is 23.2 Å². The molecule has 1 N–H and O–H groups in total. The number of rotatable bonds is 1. The molecule has 92 valence electrons. The minimum Gasteiger partial charge on any atom is -0.392 e. The molecule has 4 aliphatic rings. The lowest BCUT2D eigenvalue weighted by Gasteiger charge is -2.42. The molecule has 0 aromatic heterocycles. The van der Waals surface area contributed by atoms with Crippen molar-refractivity contribution in [2.45, 2.75) is 32.3 Å². The second-order valence-electron chi connectivity index (χ2n) is 6.58. The van der Waals surface area contributed by atoms with E-state index in [0.717, 1.165) is 30.3 Å². The van der Waals surface area contributed by atoms with Gasteiger partial charge in [-0.25, -0.2) is 0 Å². The van der Waals surface area contributed by atoms with Gasteiger partial charge < -0.3 is 9.84 Å². The minimum absolute atomic E-state index is 0.175. The lowest BCUT2D eigenvalue weighted by molar-refractivity contribution is 0.0299. The quantitative estimate of drug-likeness (QED) is 0.703. The van der Waals surface area contributed by atoms with E-state index in [1.807, 2.05) is 0 Å². The first kappa shape index (κ1) is 10.3. The van der Waals surface area contributed by atoms with E-state index >= 15 is 0 Å². The highest BCUT2D eigenvalue weighted by atomic mass is 16.5. The molecular weight excluding hydrogens is 212 g/mol. The number of aliphatic hydroxyl groups is 1. The number of aliphatic hydroxyl groups excluding tert-OH is 1. The first-order valence-electron chi connectivity index (χ1n) is 6.77. The van der Waals surface area contributed by atoms with Gasteiger partial charge in [0.15, 0.2) is 0 Å². The zero-order chi connectivity index (χ0) is 11.8. The molecule has 17 heavy (non-hydrogen) atoms. The number of fused-ring (bicyclic) bond motifs is 4. The van der Waals surface area contributed by atoms with Crippen LogP contribution in [0.5, 0.6) is 0 Å². The second-order valence-corrected chi connectivity index (χ2v) is 6.58. The summed E-state index contributed by atoms with van der Waals surface area (Å²) in [5.41, 5.74) is 4.47. The molecule has 0 amide bonds. The Hall–Kier alpha value is -0.600. The van der Waals surface area contributed by atoms with Crippen LogP contribution in [0.15, 0.2) is 23.3 Å². The van der Waals surface area contributed by atoms with Gasteiger partial charge in [-0.05, 0) is 53.6 Å². The average Bonchev–Trinajstić information content (AvgIpc) is 2.99. The number of hydrogen-bond donors (Lipinski definition) is 1. The number of hydrogen-bond acceptors (Lipinski definition) is 2. The summed E-state index contributed by atoms with van der Waals surface area (Å²) in [4.78, 5) is 0. The number of allylic oxidation sites excluding steroid dienone is 1. The maximum absolute atomic E-state index is 9.38. The van der Waals surface area contributed by atoms with Crippen LogP contribution in [-0.4, -0.2) is 24.4 Å². The first-order chi connectivity index (χ1) is 8.15. The van der Waals surface area contributed by atoms with Gasteiger partial charge in [0.25, 0.3) is 0 Å². The lowest BCUT2D eigenvalue weighted by Crippen LogP contribution is -2.37. The fourth-order valence-electron chi connectivity index (χ4n) is 4.78. The highest BCUT2D eigenvalue weighted by Gasteiger charge is 2.64. The Balaban J connectivity index is 1.73. The van der Waals surface area contributed by atoms with Crippen molar-refractivity contribution >= 4 is 0 Å². The predicted octanol–water partition coefficient (Wildman–Crippen LogP) is 2.30. The Kier molecular flexibility index (Phi) is 1.85. The van der Waals surface area contributed by atoms with Crippen LogP contribution in [0.4, 0.5) is 0 Å². The molecule has 0 aromatic rings. The molecule has 5 atom stereocenters. The molecule has 0 saturated heterocycles. The van der Waals surface area contributed by atoms with Gasteiger partial charge >= 0.3 is 0 Å². The van der Waals surface area contributed by atoms with Crippen molar-refractivity contribution in [2.24, 2.45) is 23.2 Å². The fourth-order valence-corrected chi connectivity index (χ4v) is 4.78. The van der Waals surface area contributed by atoms with Crippen molar-refractivity contribution in [3.63, 3.8) is 0 Å². The van der Waals surface area contributed by atoms with Crippen molar-refractivity contribution in [3.8, 4) is 0 Å². The van der Waals surface area contributed by atoms with E-state index in [-0.39, 0.29) is 6.61 Å². The molecule has 4 rings (SSSR count). The van der Waals surface area contributed by atoms with Gasteiger partial charge in [-0.3, -0.25) is 0 Å². The van der Waals surface area contributed by atoms with E-state index in [1.54, 1.807) is 0 Å². The Bertz CT molecular complexity index is 436. The van der Waals surface area contributed by atoms with Gasteiger partial charge in [-0.1, -0.05) is 19.1 Å². The van der Waals surface area contributed by atoms with Crippen molar-refractivity contribution in [2.75, 3.05) is 13.2 Å². The van der Waals surface area contributed by atoms with Gasteiger partial charge in [-0.15, -0.1) is 0 Å². The Morgan fingerprint density at radius 2 is 2.35 bits per heavy atom. The van der Waals surface area contributed by atoms with E-state index in [9.17, 15) is 5.11 Å². The van der Waals surface area contributed by atoms with E-state index < -0.39 is 0 Å². The lowest BCUT2D eigenvalue weighted by atomic mass is 9.63. The monoisotopic (exact) mass is 232 g/mol. The smallest absolute Gasteiger partial charge is 0.0799 e. The summed E-state index contributed by atoms with van der Waals surface area (Å²) >= 11 is 0. The van der Waals surface area contributed by atoms with Crippen LogP contribution >= 0.6 is 0 Å². The fraction of sp³-hybridized carbons (Fsp3) is 0.733. The molecule has 1 aliphatic heterocycles. The third kappa shape index (κ3) is 1.13. The molecule has 0 spiro atoms. The van der Waals surface area contributed by atoms with Crippen LogP contribution in [0.1, 0.15) is 26.2 Å². The molecule has 0 aromatic carbocycles. The molecule has 3 aliphatic carbocycles. The second kappa shape index (κ2) is 3.04. The van der Waals surface area contributed by atoms with Gasteiger partial charge in [0.2, 0.25) is 0 Å². The van der Waals surface area contributed by atoms with Crippen LogP contribution in [-0.2, 0) is 4.74 Å². The van der Waals surface area contributed by atoms with Crippen LogP contribution < -0.4 is 0 Å². The Labute approximate surface area is 102 Å². The Morgan fingerprint density at radius 1 is 1.53 bits per heavy atom. The van der Waals surface area contributed by atoms with Gasteiger partial charge in [0.05, 0.1) is 19.3 Å². The standard InChI is InChI=1S/C15H20O2/c1-8-10-3-13(10)15(2)5-14-11(4-12(8)15)9(6-16)7-17-14/h10,12-14,16H,1,3-7H2,2H3. The van der Waals surface area contributed by atoms with E-state index in [2.05, 4.69) is 13.5 Å². The molecule has 1 heterocycles. The summed E-state index contributed by atoms with van der Waals surface area (Å²) in [6.07, 6.45) is 3.91. The minimum atomic E-state index is 0.175. The maximum Gasteiger partial charge on any atom is 0.0799 e. The van der Waals surface area contributed by atoms with Crippen LogP contribution in [0.3, 0.4) is 0 Å². The number of ether oxygens (including phenoxy) is 1. The largest absolute Gasteiger partial charge is 0.392 e. The zero-order valence-electron chi connectivity index (χ0n) is 10.4. The third-order valence-corrected chi connectivity index (χ3v) is 5.90.